The number of hydrogen-bond acceptors (Lipinski definition) is 9. The van der Waals surface area contributed by atoms with Gasteiger partial charge >= 0.3 is 0 Å². The Kier molecular flexibility index (Phi) is 16.4. The fourth-order valence-electron chi connectivity index (χ4n) is 7.62. The highest BCUT2D eigenvalue weighted by atomic mass is 35.5. The molecule has 328 valence electrons. The Labute approximate surface area is 370 Å². The average molecular weight is 897 g/mol. The van der Waals surface area contributed by atoms with Gasteiger partial charge in [0.2, 0.25) is 29.5 Å². The lowest BCUT2D eigenvalue weighted by Crippen LogP contribution is -2.51. The fraction of sp³-hybridized carbons (Fsp3) is 0.488. The molecule has 3 aromatic heterocycles. The Morgan fingerprint density at radius 2 is 1.72 bits per heavy atom. The number of unbranched alkanes of at least 4 members (excludes halogenated alkanes) is 5. The topological polar surface area (TPSA) is 176 Å². The third-order valence-electron chi connectivity index (χ3n) is 10.9. The molecule has 0 bridgehead atoms. The number of thiophene rings is 1. The standard InChI is InChI=1S/C43H55Cl2N9O6S/c1-50(2)19-9-11-37(58)52-22-23-54(38(59)27-52)40-13-12-29(61-40)14-18-47-35(56)10-7-5-3-4-6-8-17-46-36(57)26-53-21-16-34(49-53)30-24-32(44)42(45)43-41(30)31-25-51(39(60)28-55)20-15-33(31)48-43/h9,11-13,16,21,24,48,55H,3-8,10,14-15,17-20,22-23,25-28H2,1-2H3,(H,46,57)(H,47,56)/b11-9+. The number of anilines is 1. The van der Waals surface area contributed by atoms with Crippen molar-refractivity contribution >= 4 is 80.0 Å². The maximum atomic E-state index is 12.8. The van der Waals surface area contributed by atoms with Crippen LogP contribution in [0.4, 0.5) is 5.00 Å². The molecule has 1 saturated heterocycles. The van der Waals surface area contributed by atoms with Crippen LogP contribution in [0.15, 0.2) is 42.6 Å². The van der Waals surface area contributed by atoms with Gasteiger partial charge in [0.1, 0.15) is 19.7 Å². The van der Waals surface area contributed by atoms with Crippen LogP contribution in [0.3, 0.4) is 0 Å². The van der Waals surface area contributed by atoms with Crippen LogP contribution in [0.25, 0.3) is 22.2 Å². The molecule has 0 radical (unpaired) electrons. The largest absolute Gasteiger partial charge is 0.387 e. The van der Waals surface area contributed by atoms with Crippen LogP contribution in [0.1, 0.15) is 61.1 Å². The van der Waals surface area contributed by atoms with E-state index in [1.54, 1.807) is 49.1 Å². The van der Waals surface area contributed by atoms with Gasteiger partial charge in [-0.15, -0.1) is 11.3 Å². The molecular formula is C43H55Cl2N9O6S. The number of carbonyl (C=O) groups is 5. The van der Waals surface area contributed by atoms with E-state index in [0.29, 0.717) is 86.3 Å². The molecule has 1 aromatic carbocycles. The van der Waals surface area contributed by atoms with Gasteiger partial charge in [-0.2, -0.15) is 5.10 Å². The van der Waals surface area contributed by atoms with E-state index < -0.39 is 6.61 Å². The summed E-state index contributed by atoms with van der Waals surface area (Å²) in [5, 5.41) is 22.5. The third kappa shape index (κ3) is 12.2. The van der Waals surface area contributed by atoms with Crippen molar-refractivity contribution in [2.45, 2.75) is 70.9 Å². The van der Waals surface area contributed by atoms with Crippen molar-refractivity contribution in [3.8, 4) is 11.3 Å². The van der Waals surface area contributed by atoms with E-state index in [9.17, 15) is 29.1 Å². The van der Waals surface area contributed by atoms with Gasteiger partial charge in [-0.1, -0.05) is 55.0 Å². The predicted octanol–water partition coefficient (Wildman–Crippen LogP) is 4.78. The number of amides is 5. The lowest BCUT2D eigenvalue weighted by molar-refractivity contribution is -0.135. The van der Waals surface area contributed by atoms with Gasteiger partial charge in [0.05, 0.1) is 26.3 Å². The maximum absolute atomic E-state index is 12.8. The molecule has 0 unspecified atom stereocenters. The van der Waals surface area contributed by atoms with E-state index in [2.05, 4.69) is 20.7 Å². The Morgan fingerprint density at radius 3 is 2.49 bits per heavy atom. The van der Waals surface area contributed by atoms with Gasteiger partial charge in [-0.25, -0.2) is 0 Å². The minimum absolute atomic E-state index is 0.0382. The first-order valence-corrected chi connectivity index (χ1v) is 22.5. The Morgan fingerprint density at radius 1 is 0.951 bits per heavy atom. The molecule has 4 aromatic rings. The Hall–Kier alpha value is -4.74. The number of benzene rings is 1. The monoisotopic (exact) mass is 895 g/mol. The van der Waals surface area contributed by atoms with E-state index in [1.165, 1.54) is 6.08 Å². The molecule has 4 N–H and O–H groups in total. The summed E-state index contributed by atoms with van der Waals surface area (Å²) in [6, 6.07) is 7.51. The number of likely N-dealkylation sites (N-methyl/N-ethyl adjacent to an activating group) is 1. The van der Waals surface area contributed by atoms with Gasteiger partial charge in [0.15, 0.2) is 0 Å². The van der Waals surface area contributed by atoms with Crippen LogP contribution >= 0.6 is 34.5 Å². The smallest absolute Gasteiger partial charge is 0.248 e. The molecule has 0 spiro atoms. The highest BCUT2D eigenvalue weighted by Crippen LogP contribution is 2.42. The lowest BCUT2D eigenvalue weighted by atomic mass is 9.99. The summed E-state index contributed by atoms with van der Waals surface area (Å²) in [5.41, 5.74) is 3.91. The number of nitrogens with one attached hydrogen (secondary N) is 3. The van der Waals surface area contributed by atoms with E-state index in [-0.39, 0.29) is 42.6 Å². The molecule has 5 amide bonds. The highest BCUT2D eigenvalue weighted by molar-refractivity contribution is 7.16. The van der Waals surface area contributed by atoms with E-state index in [0.717, 1.165) is 70.6 Å². The summed E-state index contributed by atoms with van der Waals surface area (Å²) >= 11 is 14.7. The number of rotatable bonds is 20. The van der Waals surface area contributed by atoms with E-state index in [1.807, 2.05) is 37.2 Å². The van der Waals surface area contributed by atoms with Gasteiger partial charge in [0, 0.05) is 98.0 Å². The second-order valence-corrected chi connectivity index (χ2v) is 17.6. The molecule has 2 aliphatic heterocycles. The molecule has 1 fully saturated rings. The lowest BCUT2D eigenvalue weighted by Gasteiger charge is -2.33. The number of aromatic amines is 1. The van der Waals surface area contributed by atoms with Gasteiger partial charge < -0.3 is 40.3 Å². The molecule has 15 nitrogen and oxygen atoms in total. The zero-order valence-corrected chi connectivity index (χ0v) is 37.1. The predicted molar refractivity (Wildman–Crippen MR) is 239 cm³/mol. The first kappa shape index (κ1) is 45.8. The van der Waals surface area contributed by atoms with E-state index >= 15 is 0 Å². The number of aromatic nitrogens is 3. The molecule has 2 aliphatic rings. The second-order valence-electron chi connectivity index (χ2n) is 15.7. The molecule has 0 saturated carbocycles. The molecule has 18 heteroatoms. The summed E-state index contributed by atoms with van der Waals surface area (Å²) < 4.78 is 1.58. The normalized spacial score (nSPS) is 14.4. The molecular weight excluding hydrogens is 842 g/mol. The third-order valence-corrected chi connectivity index (χ3v) is 12.8. The van der Waals surface area contributed by atoms with Crippen LogP contribution in [-0.4, -0.2) is 131 Å². The first-order chi connectivity index (χ1) is 29.4. The number of carbonyl (C=O) groups excluding carboxylic acids is 5. The maximum Gasteiger partial charge on any atom is 0.248 e. The Bertz CT molecular complexity index is 2230. The van der Waals surface area contributed by atoms with Crippen LogP contribution in [0.2, 0.25) is 10.0 Å². The minimum atomic E-state index is -0.553. The van der Waals surface area contributed by atoms with Gasteiger partial charge in [-0.05, 0) is 57.6 Å². The van der Waals surface area contributed by atoms with Crippen molar-refractivity contribution in [3.05, 3.63) is 68.8 Å². The van der Waals surface area contributed by atoms with Crippen LogP contribution < -0.4 is 15.5 Å². The number of piperazine rings is 1. The number of halogens is 2. The van der Waals surface area contributed by atoms with Crippen molar-refractivity contribution in [2.75, 3.05) is 71.4 Å². The summed E-state index contributed by atoms with van der Waals surface area (Å²) in [6.45, 7) is 3.09. The summed E-state index contributed by atoms with van der Waals surface area (Å²) in [5.74, 6) is -0.680. The van der Waals surface area contributed by atoms with Crippen molar-refractivity contribution in [1.82, 2.24) is 40.1 Å². The number of aliphatic hydroxyl groups excluding tert-OH is 1. The molecule has 6 rings (SSSR count). The zero-order valence-electron chi connectivity index (χ0n) is 34.8. The van der Waals surface area contributed by atoms with Crippen molar-refractivity contribution in [2.24, 2.45) is 0 Å². The average Bonchev–Trinajstić information content (AvgIpc) is 4.00. The number of H-pyrrole nitrogens is 1. The quantitative estimate of drug-likeness (QED) is 0.0725. The summed E-state index contributed by atoms with van der Waals surface area (Å²) in [6.07, 6.45) is 12.5. The molecule has 61 heavy (non-hydrogen) atoms. The second kappa shape index (κ2) is 21.9. The van der Waals surface area contributed by atoms with Crippen molar-refractivity contribution in [3.63, 3.8) is 0 Å². The van der Waals surface area contributed by atoms with Gasteiger partial charge in [0.25, 0.3) is 0 Å². The van der Waals surface area contributed by atoms with Crippen LogP contribution in [0, 0.1) is 0 Å². The van der Waals surface area contributed by atoms with Crippen molar-refractivity contribution in [1.29, 1.82) is 0 Å². The first-order valence-electron chi connectivity index (χ1n) is 20.9. The van der Waals surface area contributed by atoms with Crippen LogP contribution in [-0.2, 0) is 49.9 Å². The summed E-state index contributed by atoms with van der Waals surface area (Å²) in [7, 11) is 3.86. The number of aliphatic hydroxyl groups is 1. The number of hydrogen-bond donors (Lipinski definition) is 4. The van der Waals surface area contributed by atoms with E-state index in [4.69, 9.17) is 23.2 Å². The summed E-state index contributed by atoms with van der Waals surface area (Å²) in [4.78, 5) is 74.1. The van der Waals surface area contributed by atoms with Crippen LogP contribution in [0.5, 0.6) is 0 Å². The molecule has 0 aliphatic carbocycles. The highest BCUT2D eigenvalue weighted by Gasteiger charge is 2.29. The fourth-order valence-corrected chi connectivity index (χ4v) is 9.07. The Balaban J connectivity index is 0.824. The minimum Gasteiger partial charge on any atom is -0.387 e. The van der Waals surface area contributed by atoms with Crippen molar-refractivity contribution < 1.29 is 29.1 Å². The zero-order chi connectivity index (χ0) is 43.5. The SMILES string of the molecule is CN(C)C/C=C/C(=O)N1CCN(c2ccc(CCNC(=O)CCCCCCCCNC(=O)Cn3ccc(-c4cc(Cl)c(Cl)c5[nH]c6c(c45)CN(C(=O)CO)CC6)n3)s2)C(=O)C1. The number of fused-ring (bicyclic) bond motifs is 3. The van der Waals surface area contributed by atoms with Gasteiger partial charge in [-0.3, -0.25) is 28.7 Å². The molecule has 0 atom stereocenters. The number of nitrogens with zero attached hydrogens (tertiary/aromatic N) is 6. The molecule has 5 heterocycles.